The first-order valence-corrected chi connectivity index (χ1v) is 14.8. The minimum Gasteiger partial charge on any atom is -0.367 e. The monoisotopic (exact) mass is 602 g/mol. The normalized spacial score (nSPS) is 11.8. The summed E-state index contributed by atoms with van der Waals surface area (Å²) >= 11 is 14.5. The molecule has 0 saturated carbocycles. The Morgan fingerprint density at radius 1 is 0.829 bits per heavy atom. The van der Waals surface area contributed by atoms with Crippen molar-refractivity contribution in [2.75, 3.05) is 6.61 Å². The lowest BCUT2D eigenvalue weighted by Crippen LogP contribution is -2.34. The number of nitrogens with one attached hydrogen (secondary N) is 1. The Labute approximate surface area is 253 Å². The average Bonchev–Trinajstić information content (AvgIpc) is 3.41. The summed E-state index contributed by atoms with van der Waals surface area (Å²) in [6.45, 7) is 0.250. The standard InChI is InChI=1S/C32H28Cl2N4O2S/c33-26-16-17-29(27(34)19-26)38-31(36-37-32(38)41-22-25-14-8-3-9-15-25)28(18-23-10-4-1-5-11-23)35-30(39)21-40-20-24-12-6-2-7-13-24/h1-17,19,28H,18,20-22H2,(H,35,39). The lowest BCUT2D eigenvalue weighted by molar-refractivity contribution is -0.126. The number of halogens is 2. The van der Waals surface area contributed by atoms with E-state index in [1.54, 1.807) is 23.9 Å². The SMILES string of the molecule is O=C(COCc1ccccc1)NC(Cc1ccccc1)c1nnc(SCc2ccccc2)n1-c1ccc(Cl)cc1Cl. The van der Waals surface area contributed by atoms with Crippen LogP contribution in [-0.2, 0) is 28.3 Å². The second-order valence-corrected chi connectivity index (χ2v) is 11.1. The molecule has 0 aliphatic heterocycles. The number of carbonyl (C=O) groups is 1. The van der Waals surface area contributed by atoms with E-state index in [1.807, 2.05) is 89.5 Å². The second kappa shape index (κ2) is 14.3. The molecule has 0 saturated heterocycles. The minimum absolute atomic E-state index is 0.0916. The van der Waals surface area contributed by atoms with Crippen LogP contribution in [0.4, 0.5) is 0 Å². The van der Waals surface area contributed by atoms with Crippen molar-refractivity contribution in [3.05, 3.63) is 142 Å². The largest absolute Gasteiger partial charge is 0.367 e. The Balaban J connectivity index is 1.45. The Morgan fingerprint density at radius 3 is 2.12 bits per heavy atom. The zero-order chi connectivity index (χ0) is 28.4. The molecule has 208 valence electrons. The molecule has 1 heterocycles. The molecule has 9 heteroatoms. The van der Waals surface area contributed by atoms with E-state index >= 15 is 0 Å². The number of ether oxygens (including phenoxy) is 1. The Bertz CT molecular complexity index is 1570. The third-order valence-corrected chi connectivity index (χ3v) is 7.83. The van der Waals surface area contributed by atoms with Crippen LogP contribution in [0.5, 0.6) is 0 Å². The van der Waals surface area contributed by atoms with Crippen LogP contribution >= 0.6 is 35.0 Å². The van der Waals surface area contributed by atoms with Gasteiger partial charge in [-0.25, -0.2) is 0 Å². The summed E-state index contributed by atoms with van der Waals surface area (Å²) in [5, 5.41) is 13.9. The van der Waals surface area contributed by atoms with E-state index in [0.29, 0.717) is 45.5 Å². The molecular formula is C32H28Cl2N4O2S. The molecule has 1 atom stereocenters. The highest BCUT2D eigenvalue weighted by molar-refractivity contribution is 7.98. The first-order chi connectivity index (χ1) is 20.1. The molecular weight excluding hydrogens is 575 g/mol. The van der Waals surface area contributed by atoms with E-state index in [2.05, 4.69) is 27.6 Å². The van der Waals surface area contributed by atoms with Crippen LogP contribution in [0.15, 0.2) is 114 Å². The molecule has 1 N–H and O–H groups in total. The van der Waals surface area contributed by atoms with Gasteiger partial charge in [-0.1, -0.05) is 126 Å². The summed E-state index contributed by atoms with van der Waals surface area (Å²) in [6.07, 6.45) is 0.498. The molecule has 4 aromatic carbocycles. The fourth-order valence-corrected chi connectivity index (χ4v) is 5.74. The zero-order valence-electron chi connectivity index (χ0n) is 22.1. The van der Waals surface area contributed by atoms with Crippen molar-refractivity contribution in [3.63, 3.8) is 0 Å². The summed E-state index contributed by atoms with van der Waals surface area (Å²) in [4.78, 5) is 13.1. The predicted molar refractivity (Wildman–Crippen MR) is 165 cm³/mol. The lowest BCUT2D eigenvalue weighted by Gasteiger charge is -2.21. The van der Waals surface area contributed by atoms with E-state index in [4.69, 9.17) is 27.9 Å². The smallest absolute Gasteiger partial charge is 0.246 e. The van der Waals surface area contributed by atoms with Gasteiger partial charge in [0.2, 0.25) is 5.91 Å². The summed E-state index contributed by atoms with van der Waals surface area (Å²) in [5.74, 6) is 0.995. The molecule has 0 fully saturated rings. The first kappa shape index (κ1) is 28.9. The van der Waals surface area contributed by atoms with Gasteiger partial charge in [-0.3, -0.25) is 9.36 Å². The maximum atomic E-state index is 13.1. The third-order valence-electron chi connectivity index (χ3n) is 6.29. The Kier molecular flexibility index (Phi) is 10.1. The van der Waals surface area contributed by atoms with Gasteiger partial charge in [0, 0.05) is 10.8 Å². The quantitative estimate of drug-likeness (QED) is 0.150. The second-order valence-electron chi connectivity index (χ2n) is 9.33. The molecule has 0 bridgehead atoms. The molecule has 1 amide bonds. The number of nitrogens with zero attached hydrogens (tertiary/aromatic N) is 3. The van der Waals surface area contributed by atoms with Gasteiger partial charge in [-0.15, -0.1) is 10.2 Å². The molecule has 5 rings (SSSR count). The number of hydrogen-bond donors (Lipinski definition) is 1. The zero-order valence-corrected chi connectivity index (χ0v) is 24.4. The van der Waals surface area contributed by atoms with Gasteiger partial charge in [0.1, 0.15) is 6.61 Å². The fourth-order valence-electron chi connectivity index (χ4n) is 4.34. The number of aromatic nitrogens is 3. The van der Waals surface area contributed by atoms with Crippen molar-refractivity contribution in [2.45, 2.75) is 30.0 Å². The third kappa shape index (κ3) is 7.99. The van der Waals surface area contributed by atoms with Gasteiger partial charge in [-0.05, 0) is 41.3 Å². The topological polar surface area (TPSA) is 69.0 Å². The molecule has 1 aromatic heterocycles. The average molecular weight is 604 g/mol. The number of hydrogen-bond acceptors (Lipinski definition) is 5. The molecule has 41 heavy (non-hydrogen) atoms. The van der Waals surface area contributed by atoms with Crippen molar-refractivity contribution in [1.82, 2.24) is 20.1 Å². The summed E-state index contributed by atoms with van der Waals surface area (Å²) in [6, 6.07) is 34.6. The molecule has 1 unspecified atom stereocenters. The van der Waals surface area contributed by atoms with E-state index in [9.17, 15) is 4.79 Å². The van der Waals surface area contributed by atoms with Crippen molar-refractivity contribution in [1.29, 1.82) is 0 Å². The molecule has 6 nitrogen and oxygen atoms in total. The van der Waals surface area contributed by atoms with Gasteiger partial charge in [-0.2, -0.15) is 0 Å². The maximum absolute atomic E-state index is 13.1. The maximum Gasteiger partial charge on any atom is 0.246 e. The van der Waals surface area contributed by atoms with Gasteiger partial charge in [0.05, 0.1) is 23.4 Å². The molecule has 0 aliphatic rings. The minimum atomic E-state index is -0.504. The van der Waals surface area contributed by atoms with Crippen molar-refractivity contribution >= 4 is 40.9 Å². The lowest BCUT2D eigenvalue weighted by atomic mass is 10.0. The van der Waals surface area contributed by atoms with Crippen LogP contribution in [0.2, 0.25) is 10.0 Å². The van der Waals surface area contributed by atoms with E-state index in [-0.39, 0.29) is 12.5 Å². The van der Waals surface area contributed by atoms with Crippen LogP contribution < -0.4 is 5.32 Å². The van der Waals surface area contributed by atoms with E-state index in [0.717, 1.165) is 16.7 Å². The number of thioether (sulfide) groups is 1. The number of rotatable bonds is 12. The van der Waals surface area contributed by atoms with Gasteiger partial charge >= 0.3 is 0 Å². The van der Waals surface area contributed by atoms with Crippen molar-refractivity contribution in [3.8, 4) is 5.69 Å². The molecule has 5 aromatic rings. The highest BCUT2D eigenvalue weighted by atomic mass is 35.5. The molecule has 0 aliphatic carbocycles. The van der Waals surface area contributed by atoms with Crippen LogP contribution in [0.25, 0.3) is 5.69 Å². The predicted octanol–water partition coefficient (Wildman–Crippen LogP) is 7.48. The molecule has 0 radical (unpaired) electrons. The van der Waals surface area contributed by atoms with Gasteiger partial charge < -0.3 is 10.1 Å². The Morgan fingerprint density at radius 2 is 1.46 bits per heavy atom. The fraction of sp³-hybridized carbons (Fsp3) is 0.156. The van der Waals surface area contributed by atoms with Crippen LogP contribution in [0, 0.1) is 0 Å². The molecule has 0 spiro atoms. The summed E-state index contributed by atoms with van der Waals surface area (Å²) < 4.78 is 7.62. The van der Waals surface area contributed by atoms with Crippen LogP contribution in [0.1, 0.15) is 28.6 Å². The van der Waals surface area contributed by atoms with Crippen LogP contribution in [-0.4, -0.2) is 27.3 Å². The number of benzene rings is 4. The van der Waals surface area contributed by atoms with E-state index in [1.165, 1.54) is 0 Å². The number of carbonyl (C=O) groups excluding carboxylic acids is 1. The van der Waals surface area contributed by atoms with Gasteiger partial charge in [0.15, 0.2) is 11.0 Å². The van der Waals surface area contributed by atoms with Crippen LogP contribution in [0.3, 0.4) is 0 Å². The van der Waals surface area contributed by atoms with Gasteiger partial charge in [0.25, 0.3) is 0 Å². The first-order valence-electron chi connectivity index (χ1n) is 13.1. The highest BCUT2D eigenvalue weighted by Crippen LogP contribution is 2.33. The van der Waals surface area contributed by atoms with E-state index < -0.39 is 6.04 Å². The number of amides is 1. The summed E-state index contributed by atoms with van der Waals surface area (Å²) in [7, 11) is 0. The highest BCUT2D eigenvalue weighted by Gasteiger charge is 2.26. The van der Waals surface area contributed by atoms with Crippen molar-refractivity contribution in [2.24, 2.45) is 0 Å². The summed E-state index contributed by atoms with van der Waals surface area (Å²) in [5.41, 5.74) is 3.87. The van der Waals surface area contributed by atoms with Crippen molar-refractivity contribution < 1.29 is 9.53 Å². The Hall–Kier alpha value is -3.62.